The van der Waals surface area contributed by atoms with Gasteiger partial charge in [-0.1, -0.05) is 0 Å². The summed E-state index contributed by atoms with van der Waals surface area (Å²) in [7, 11) is 0. The van der Waals surface area contributed by atoms with Gasteiger partial charge in [-0.05, 0) is 24.6 Å². The molecule has 82 valence electrons. The smallest absolute Gasteiger partial charge is 0.129 e. The average molecular weight is 223 g/mol. The Bertz CT molecular complexity index is 335. The van der Waals surface area contributed by atoms with Crippen molar-refractivity contribution >= 4 is 17.6 Å². The zero-order valence-electron chi connectivity index (χ0n) is 9.07. The van der Waals surface area contributed by atoms with Crippen LogP contribution in [0, 0.1) is 6.92 Å². The van der Waals surface area contributed by atoms with E-state index in [-0.39, 0.29) is 0 Å². The van der Waals surface area contributed by atoms with E-state index in [0.717, 1.165) is 24.6 Å². The molecule has 0 amide bonds. The molecule has 3 nitrogen and oxygen atoms in total. The van der Waals surface area contributed by atoms with Crippen LogP contribution in [0.1, 0.15) is 11.3 Å². The van der Waals surface area contributed by atoms with Crippen LogP contribution in [-0.2, 0) is 6.54 Å². The minimum absolute atomic E-state index is 0.596. The number of aromatic nitrogens is 1. The normalized spacial score (nSPS) is 16.8. The molecular weight excluding hydrogens is 206 g/mol. The second-order valence-electron chi connectivity index (χ2n) is 3.78. The highest BCUT2D eigenvalue weighted by Crippen LogP contribution is 2.19. The minimum Gasteiger partial charge on any atom is -0.355 e. The van der Waals surface area contributed by atoms with Crippen LogP contribution in [0.25, 0.3) is 0 Å². The number of anilines is 1. The van der Waals surface area contributed by atoms with Crippen LogP contribution in [0.3, 0.4) is 0 Å². The third kappa shape index (κ3) is 2.63. The van der Waals surface area contributed by atoms with E-state index in [9.17, 15) is 0 Å². The first-order chi connectivity index (χ1) is 7.29. The monoisotopic (exact) mass is 223 g/mol. The number of hydrogen-bond donors (Lipinski definition) is 1. The summed E-state index contributed by atoms with van der Waals surface area (Å²) >= 11 is 2.01. The Morgan fingerprint density at radius 2 is 2.13 bits per heavy atom. The van der Waals surface area contributed by atoms with E-state index in [4.69, 9.17) is 5.73 Å². The molecule has 1 aliphatic heterocycles. The van der Waals surface area contributed by atoms with Crippen LogP contribution in [-0.4, -0.2) is 29.6 Å². The van der Waals surface area contributed by atoms with Crippen molar-refractivity contribution < 1.29 is 0 Å². The highest BCUT2D eigenvalue weighted by molar-refractivity contribution is 7.99. The van der Waals surface area contributed by atoms with Gasteiger partial charge in [0.05, 0.1) is 0 Å². The Morgan fingerprint density at radius 3 is 2.80 bits per heavy atom. The molecule has 1 saturated heterocycles. The van der Waals surface area contributed by atoms with Crippen molar-refractivity contribution in [3.63, 3.8) is 0 Å². The van der Waals surface area contributed by atoms with Crippen LogP contribution in [0.15, 0.2) is 12.1 Å². The molecule has 0 spiro atoms. The molecule has 2 N–H and O–H groups in total. The SMILES string of the molecule is Cc1cc(CN)cc(N2CCSCC2)n1. The molecule has 2 rings (SSSR count). The predicted octanol–water partition coefficient (Wildman–Crippen LogP) is 1.40. The highest BCUT2D eigenvalue weighted by atomic mass is 32.2. The van der Waals surface area contributed by atoms with E-state index in [1.807, 2.05) is 18.7 Å². The number of nitrogens with zero attached hydrogens (tertiary/aromatic N) is 2. The average Bonchev–Trinajstić information content (AvgIpc) is 2.29. The van der Waals surface area contributed by atoms with Gasteiger partial charge in [0, 0.05) is 36.8 Å². The zero-order chi connectivity index (χ0) is 10.7. The molecule has 0 saturated carbocycles. The number of aryl methyl sites for hydroxylation is 1. The third-order valence-electron chi connectivity index (χ3n) is 2.57. The maximum atomic E-state index is 5.67. The molecule has 0 unspecified atom stereocenters. The summed E-state index contributed by atoms with van der Waals surface area (Å²) in [6.45, 7) is 4.83. The van der Waals surface area contributed by atoms with E-state index in [2.05, 4.69) is 22.0 Å². The van der Waals surface area contributed by atoms with Gasteiger partial charge in [-0.25, -0.2) is 4.98 Å². The van der Waals surface area contributed by atoms with Crippen LogP contribution >= 0.6 is 11.8 Å². The lowest BCUT2D eigenvalue weighted by Crippen LogP contribution is -2.33. The second-order valence-corrected chi connectivity index (χ2v) is 5.00. The molecule has 4 heteroatoms. The fraction of sp³-hybridized carbons (Fsp3) is 0.545. The van der Waals surface area contributed by atoms with E-state index in [0.29, 0.717) is 6.54 Å². The minimum atomic E-state index is 0.596. The summed E-state index contributed by atoms with van der Waals surface area (Å²) in [5, 5.41) is 0. The Kier molecular flexibility index (Phi) is 3.49. The Labute approximate surface area is 95.1 Å². The second kappa shape index (κ2) is 4.86. The number of nitrogens with two attached hydrogens (primary N) is 1. The topological polar surface area (TPSA) is 42.1 Å². The maximum Gasteiger partial charge on any atom is 0.129 e. The summed E-state index contributed by atoms with van der Waals surface area (Å²) in [4.78, 5) is 6.92. The first-order valence-electron chi connectivity index (χ1n) is 5.30. The summed E-state index contributed by atoms with van der Waals surface area (Å²) in [6, 6.07) is 4.17. The van der Waals surface area contributed by atoms with Gasteiger partial charge in [0.15, 0.2) is 0 Å². The van der Waals surface area contributed by atoms with Crippen molar-refractivity contribution in [2.45, 2.75) is 13.5 Å². The van der Waals surface area contributed by atoms with Crippen molar-refractivity contribution in [3.05, 3.63) is 23.4 Å². The van der Waals surface area contributed by atoms with Gasteiger partial charge in [0.2, 0.25) is 0 Å². The summed E-state index contributed by atoms with van der Waals surface area (Å²) in [5.41, 5.74) is 7.90. The predicted molar refractivity (Wildman–Crippen MR) is 66.4 cm³/mol. The standard InChI is InChI=1S/C11H17N3S/c1-9-6-10(8-12)7-11(13-9)14-2-4-15-5-3-14/h6-7H,2-5,8,12H2,1H3. The fourth-order valence-corrected chi connectivity index (χ4v) is 2.70. The number of rotatable bonds is 2. The zero-order valence-corrected chi connectivity index (χ0v) is 9.89. The van der Waals surface area contributed by atoms with Crippen molar-refractivity contribution in [3.8, 4) is 0 Å². The van der Waals surface area contributed by atoms with Gasteiger partial charge in [-0.3, -0.25) is 0 Å². The van der Waals surface area contributed by atoms with E-state index in [1.165, 1.54) is 17.1 Å². The molecular formula is C11H17N3S. The van der Waals surface area contributed by atoms with E-state index >= 15 is 0 Å². The number of thioether (sulfide) groups is 1. The molecule has 0 bridgehead atoms. The molecule has 1 fully saturated rings. The quantitative estimate of drug-likeness (QED) is 0.823. The molecule has 0 aliphatic carbocycles. The van der Waals surface area contributed by atoms with E-state index in [1.54, 1.807) is 0 Å². The molecule has 2 heterocycles. The molecule has 1 aromatic heterocycles. The van der Waals surface area contributed by atoms with Crippen molar-refractivity contribution in [2.75, 3.05) is 29.5 Å². The van der Waals surface area contributed by atoms with Crippen LogP contribution in [0.5, 0.6) is 0 Å². The van der Waals surface area contributed by atoms with Crippen LogP contribution < -0.4 is 10.6 Å². The molecule has 0 atom stereocenters. The maximum absolute atomic E-state index is 5.67. The Morgan fingerprint density at radius 1 is 1.40 bits per heavy atom. The van der Waals surface area contributed by atoms with Crippen LogP contribution in [0.2, 0.25) is 0 Å². The Hall–Kier alpha value is -0.740. The largest absolute Gasteiger partial charge is 0.355 e. The van der Waals surface area contributed by atoms with E-state index < -0.39 is 0 Å². The fourth-order valence-electron chi connectivity index (χ4n) is 1.79. The lowest BCUT2D eigenvalue weighted by Gasteiger charge is -2.28. The van der Waals surface area contributed by atoms with Gasteiger partial charge in [-0.15, -0.1) is 0 Å². The highest BCUT2D eigenvalue weighted by Gasteiger charge is 2.12. The number of pyridine rings is 1. The van der Waals surface area contributed by atoms with Gasteiger partial charge in [-0.2, -0.15) is 11.8 Å². The number of hydrogen-bond acceptors (Lipinski definition) is 4. The van der Waals surface area contributed by atoms with Gasteiger partial charge < -0.3 is 10.6 Å². The summed E-state index contributed by atoms with van der Waals surface area (Å²) < 4.78 is 0. The van der Waals surface area contributed by atoms with Crippen molar-refractivity contribution in [2.24, 2.45) is 5.73 Å². The lowest BCUT2D eigenvalue weighted by atomic mass is 10.2. The summed E-state index contributed by atoms with van der Waals surface area (Å²) in [6.07, 6.45) is 0. The summed E-state index contributed by atoms with van der Waals surface area (Å²) in [5.74, 6) is 3.50. The molecule has 15 heavy (non-hydrogen) atoms. The molecule has 1 aromatic rings. The molecule has 0 aromatic carbocycles. The third-order valence-corrected chi connectivity index (χ3v) is 3.51. The Balaban J connectivity index is 2.22. The van der Waals surface area contributed by atoms with Gasteiger partial charge in [0.1, 0.15) is 5.82 Å². The first-order valence-corrected chi connectivity index (χ1v) is 6.45. The molecule has 1 aliphatic rings. The van der Waals surface area contributed by atoms with Crippen molar-refractivity contribution in [1.82, 2.24) is 4.98 Å². The van der Waals surface area contributed by atoms with Gasteiger partial charge in [0.25, 0.3) is 0 Å². The van der Waals surface area contributed by atoms with Crippen molar-refractivity contribution in [1.29, 1.82) is 0 Å². The van der Waals surface area contributed by atoms with Crippen LogP contribution in [0.4, 0.5) is 5.82 Å². The first kappa shape index (κ1) is 10.8. The van der Waals surface area contributed by atoms with Gasteiger partial charge >= 0.3 is 0 Å². The molecule has 0 radical (unpaired) electrons. The lowest BCUT2D eigenvalue weighted by molar-refractivity contribution is 0.832.